The van der Waals surface area contributed by atoms with Crippen molar-refractivity contribution in [1.82, 2.24) is 5.43 Å². The van der Waals surface area contributed by atoms with Gasteiger partial charge in [0.15, 0.2) is 6.61 Å². The summed E-state index contributed by atoms with van der Waals surface area (Å²) in [6.45, 7) is 2.36. The van der Waals surface area contributed by atoms with Crippen LogP contribution in [0.4, 0.5) is 0 Å². The second-order valence-electron chi connectivity index (χ2n) is 6.39. The molecule has 0 bridgehead atoms. The quantitative estimate of drug-likeness (QED) is 0.391. The first-order chi connectivity index (χ1) is 14.1. The zero-order valence-corrected chi connectivity index (χ0v) is 17.6. The minimum absolute atomic E-state index is 0.101. The van der Waals surface area contributed by atoms with Crippen molar-refractivity contribution in [3.8, 4) is 11.5 Å². The number of rotatable bonds is 8. The molecule has 3 aromatic rings. The predicted octanol–water partition coefficient (Wildman–Crippen LogP) is 4.87. The van der Waals surface area contributed by atoms with Gasteiger partial charge < -0.3 is 9.47 Å². The average Bonchev–Trinajstić information content (AvgIpc) is 2.72. The number of carbonyl (C=O) groups is 1. The minimum Gasteiger partial charge on any atom is -0.489 e. The highest BCUT2D eigenvalue weighted by Crippen LogP contribution is 2.16. The Morgan fingerprint density at radius 1 is 1.00 bits per heavy atom. The summed E-state index contributed by atoms with van der Waals surface area (Å²) in [7, 11) is 0. The molecule has 29 heavy (non-hydrogen) atoms. The van der Waals surface area contributed by atoms with Crippen LogP contribution in [0.5, 0.6) is 11.5 Å². The molecule has 1 N–H and O–H groups in total. The van der Waals surface area contributed by atoms with Crippen molar-refractivity contribution in [3.63, 3.8) is 0 Å². The van der Waals surface area contributed by atoms with Crippen LogP contribution in [0.1, 0.15) is 16.7 Å². The van der Waals surface area contributed by atoms with E-state index >= 15 is 0 Å². The molecule has 0 aliphatic heterocycles. The number of amides is 1. The molecule has 5 nitrogen and oxygen atoms in total. The fraction of sp³-hybridized carbons (Fsp3) is 0.130. The van der Waals surface area contributed by atoms with Crippen LogP contribution >= 0.6 is 15.9 Å². The van der Waals surface area contributed by atoms with Crippen LogP contribution in [-0.2, 0) is 11.4 Å². The molecule has 0 aliphatic rings. The smallest absolute Gasteiger partial charge is 0.277 e. The van der Waals surface area contributed by atoms with E-state index in [0.29, 0.717) is 12.4 Å². The van der Waals surface area contributed by atoms with E-state index < -0.39 is 0 Å². The molecule has 3 rings (SSSR count). The third kappa shape index (κ3) is 7.08. The number of hydrazone groups is 1. The average molecular weight is 453 g/mol. The Balaban J connectivity index is 1.46. The fourth-order valence-corrected chi connectivity index (χ4v) is 2.92. The van der Waals surface area contributed by atoms with Crippen molar-refractivity contribution >= 4 is 28.1 Å². The van der Waals surface area contributed by atoms with Crippen LogP contribution in [0.3, 0.4) is 0 Å². The van der Waals surface area contributed by atoms with Crippen molar-refractivity contribution < 1.29 is 14.3 Å². The molecule has 0 aliphatic carbocycles. The summed E-state index contributed by atoms with van der Waals surface area (Å²) in [4.78, 5) is 11.8. The lowest BCUT2D eigenvalue weighted by atomic mass is 10.2. The molecule has 0 fully saturated rings. The highest BCUT2D eigenvalue weighted by Gasteiger charge is 2.02. The maximum atomic E-state index is 11.8. The zero-order chi connectivity index (χ0) is 20.5. The summed E-state index contributed by atoms with van der Waals surface area (Å²) < 4.78 is 12.3. The molecular weight excluding hydrogens is 432 g/mol. The summed E-state index contributed by atoms with van der Waals surface area (Å²) in [6.07, 6.45) is 1.57. The molecule has 0 atom stereocenters. The molecule has 0 spiro atoms. The Morgan fingerprint density at radius 2 is 1.79 bits per heavy atom. The standard InChI is InChI=1S/C23H21BrN2O3/c1-17-8-10-21(11-9-17)29-16-23(27)26-25-14-18-4-3-7-22(13-18)28-15-19-5-2-6-20(24)12-19/h2-14H,15-16H2,1H3,(H,26,27). The van der Waals surface area contributed by atoms with Gasteiger partial charge in [0.05, 0.1) is 6.21 Å². The Labute approximate surface area is 178 Å². The first-order valence-corrected chi connectivity index (χ1v) is 9.86. The van der Waals surface area contributed by atoms with Crippen molar-refractivity contribution in [1.29, 1.82) is 0 Å². The number of hydrogen-bond acceptors (Lipinski definition) is 4. The molecular formula is C23H21BrN2O3. The zero-order valence-electron chi connectivity index (χ0n) is 16.0. The first-order valence-electron chi connectivity index (χ1n) is 9.07. The monoisotopic (exact) mass is 452 g/mol. The number of nitrogens with one attached hydrogen (secondary N) is 1. The van der Waals surface area contributed by atoms with Gasteiger partial charge in [-0.1, -0.05) is 57.9 Å². The van der Waals surface area contributed by atoms with Gasteiger partial charge in [-0.05, 0) is 54.4 Å². The van der Waals surface area contributed by atoms with E-state index in [2.05, 4.69) is 26.5 Å². The van der Waals surface area contributed by atoms with E-state index in [1.807, 2.05) is 79.7 Å². The number of benzene rings is 3. The van der Waals surface area contributed by atoms with E-state index in [1.165, 1.54) is 0 Å². The van der Waals surface area contributed by atoms with Crippen LogP contribution in [0.15, 0.2) is 82.4 Å². The number of carbonyl (C=O) groups excluding carboxylic acids is 1. The number of nitrogens with zero attached hydrogens (tertiary/aromatic N) is 1. The second kappa shape index (κ2) is 10.4. The topological polar surface area (TPSA) is 59.9 Å². The molecule has 0 heterocycles. The fourth-order valence-electron chi connectivity index (χ4n) is 2.47. The van der Waals surface area contributed by atoms with Gasteiger partial charge in [-0.15, -0.1) is 0 Å². The van der Waals surface area contributed by atoms with Gasteiger partial charge >= 0.3 is 0 Å². The van der Waals surface area contributed by atoms with E-state index in [4.69, 9.17) is 9.47 Å². The highest BCUT2D eigenvalue weighted by atomic mass is 79.9. The normalized spacial score (nSPS) is 10.7. The van der Waals surface area contributed by atoms with E-state index in [1.54, 1.807) is 6.21 Å². The van der Waals surface area contributed by atoms with Gasteiger partial charge in [-0.3, -0.25) is 4.79 Å². The van der Waals surface area contributed by atoms with Crippen LogP contribution in [-0.4, -0.2) is 18.7 Å². The minimum atomic E-state index is -0.330. The Bertz CT molecular complexity index is 987. The van der Waals surface area contributed by atoms with E-state index in [9.17, 15) is 4.79 Å². The van der Waals surface area contributed by atoms with Crippen molar-refractivity contribution in [2.75, 3.05) is 6.61 Å². The van der Waals surface area contributed by atoms with Gasteiger partial charge in [0.25, 0.3) is 5.91 Å². The molecule has 3 aromatic carbocycles. The Kier molecular flexibility index (Phi) is 7.41. The third-order valence-electron chi connectivity index (χ3n) is 3.95. The van der Waals surface area contributed by atoms with Crippen LogP contribution in [0, 0.1) is 6.92 Å². The number of ether oxygens (including phenoxy) is 2. The number of hydrogen-bond donors (Lipinski definition) is 1. The van der Waals surface area contributed by atoms with E-state index in [-0.39, 0.29) is 12.5 Å². The van der Waals surface area contributed by atoms with Gasteiger partial charge in [0.2, 0.25) is 0 Å². The van der Waals surface area contributed by atoms with Crippen LogP contribution < -0.4 is 14.9 Å². The molecule has 148 valence electrons. The second-order valence-corrected chi connectivity index (χ2v) is 7.30. The Morgan fingerprint density at radius 3 is 2.59 bits per heavy atom. The molecule has 0 unspecified atom stereocenters. The van der Waals surface area contributed by atoms with Gasteiger partial charge in [-0.25, -0.2) is 5.43 Å². The number of halogens is 1. The van der Waals surface area contributed by atoms with Crippen molar-refractivity contribution in [2.45, 2.75) is 13.5 Å². The van der Waals surface area contributed by atoms with Crippen molar-refractivity contribution in [2.24, 2.45) is 5.10 Å². The molecule has 6 heteroatoms. The molecule has 0 saturated carbocycles. The largest absolute Gasteiger partial charge is 0.489 e. The molecule has 0 aromatic heterocycles. The maximum absolute atomic E-state index is 11.8. The van der Waals surface area contributed by atoms with Crippen LogP contribution in [0.2, 0.25) is 0 Å². The van der Waals surface area contributed by atoms with Crippen molar-refractivity contribution in [3.05, 3.63) is 94.0 Å². The van der Waals surface area contributed by atoms with Crippen LogP contribution in [0.25, 0.3) is 0 Å². The summed E-state index contributed by atoms with van der Waals surface area (Å²) in [5.74, 6) is 1.04. The SMILES string of the molecule is Cc1ccc(OCC(=O)NN=Cc2cccc(OCc3cccc(Br)c3)c2)cc1. The molecule has 1 amide bonds. The predicted molar refractivity (Wildman–Crippen MR) is 117 cm³/mol. The summed E-state index contributed by atoms with van der Waals surface area (Å²) in [6, 6.07) is 23.0. The highest BCUT2D eigenvalue weighted by molar-refractivity contribution is 9.10. The third-order valence-corrected chi connectivity index (χ3v) is 4.44. The lowest BCUT2D eigenvalue weighted by molar-refractivity contribution is -0.123. The Hall–Kier alpha value is -3.12. The molecule has 0 saturated heterocycles. The molecule has 0 radical (unpaired) electrons. The lowest BCUT2D eigenvalue weighted by Crippen LogP contribution is -2.24. The van der Waals surface area contributed by atoms with Gasteiger partial charge in [0, 0.05) is 4.47 Å². The van der Waals surface area contributed by atoms with Gasteiger partial charge in [0.1, 0.15) is 18.1 Å². The summed E-state index contributed by atoms with van der Waals surface area (Å²) >= 11 is 3.45. The van der Waals surface area contributed by atoms with E-state index in [0.717, 1.165) is 26.9 Å². The maximum Gasteiger partial charge on any atom is 0.277 e. The lowest BCUT2D eigenvalue weighted by Gasteiger charge is -2.07. The summed E-state index contributed by atoms with van der Waals surface area (Å²) in [5.41, 5.74) is 5.47. The number of aryl methyl sites for hydroxylation is 1. The summed E-state index contributed by atoms with van der Waals surface area (Å²) in [5, 5.41) is 3.97. The first kappa shape index (κ1) is 20.6. The van der Waals surface area contributed by atoms with Gasteiger partial charge in [-0.2, -0.15) is 5.10 Å².